The Labute approximate surface area is 146 Å². The first kappa shape index (κ1) is 18.0. The lowest BCUT2D eigenvalue weighted by Crippen LogP contribution is -2.51. The van der Waals surface area contributed by atoms with Crippen LogP contribution in [0.3, 0.4) is 0 Å². The summed E-state index contributed by atoms with van der Waals surface area (Å²) in [6.45, 7) is 8.63. The van der Waals surface area contributed by atoms with Crippen LogP contribution in [0.5, 0.6) is 0 Å². The van der Waals surface area contributed by atoms with Crippen molar-refractivity contribution in [1.29, 1.82) is 0 Å². The number of rotatable bonds is 4. The zero-order valence-electron chi connectivity index (χ0n) is 15.6. The molecule has 0 radical (unpaired) electrons. The van der Waals surface area contributed by atoms with Gasteiger partial charge >= 0.3 is 6.09 Å². The molecule has 1 amide bonds. The van der Waals surface area contributed by atoms with Gasteiger partial charge in [-0.25, -0.2) is 4.79 Å². The highest BCUT2D eigenvalue weighted by atomic mass is 16.6. The number of hydrogen-bond donors (Lipinski definition) is 2. The number of aliphatic hydroxyl groups is 1. The average molecular weight is 338 g/mol. The van der Waals surface area contributed by atoms with Gasteiger partial charge in [0, 0.05) is 37.7 Å². The third kappa shape index (κ3) is 3.88. The van der Waals surface area contributed by atoms with E-state index in [2.05, 4.69) is 5.32 Å². The molecule has 3 fully saturated rings. The van der Waals surface area contributed by atoms with Crippen LogP contribution in [0.1, 0.15) is 65.7 Å². The minimum atomic E-state index is -0.424. The fourth-order valence-corrected chi connectivity index (χ4v) is 4.42. The van der Waals surface area contributed by atoms with Crippen molar-refractivity contribution in [3.05, 3.63) is 0 Å². The van der Waals surface area contributed by atoms with E-state index in [-0.39, 0.29) is 11.5 Å². The van der Waals surface area contributed by atoms with Gasteiger partial charge in [-0.3, -0.25) is 0 Å². The molecule has 0 bridgehead atoms. The van der Waals surface area contributed by atoms with Crippen molar-refractivity contribution in [2.75, 3.05) is 26.2 Å². The molecule has 5 nitrogen and oxygen atoms in total. The van der Waals surface area contributed by atoms with Crippen molar-refractivity contribution >= 4 is 6.09 Å². The number of likely N-dealkylation sites (tertiary alicyclic amines) is 1. The Kier molecular flexibility index (Phi) is 4.86. The molecule has 24 heavy (non-hydrogen) atoms. The second kappa shape index (κ2) is 6.49. The lowest BCUT2D eigenvalue weighted by Gasteiger charge is -2.44. The van der Waals surface area contributed by atoms with E-state index in [1.807, 2.05) is 25.7 Å². The summed E-state index contributed by atoms with van der Waals surface area (Å²) in [5.74, 6) is 0. The van der Waals surface area contributed by atoms with Gasteiger partial charge in [0.05, 0.1) is 0 Å². The molecule has 1 aliphatic heterocycles. The van der Waals surface area contributed by atoms with Gasteiger partial charge in [-0.15, -0.1) is 0 Å². The third-order valence-corrected chi connectivity index (χ3v) is 6.33. The van der Waals surface area contributed by atoms with Gasteiger partial charge in [-0.05, 0) is 64.7 Å². The van der Waals surface area contributed by atoms with E-state index in [0.717, 1.165) is 45.3 Å². The van der Waals surface area contributed by atoms with Gasteiger partial charge in [0.1, 0.15) is 5.60 Å². The van der Waals surface area contributed by atoms with Crippen LogP contribution in [0, 0.1) is 10.8 Å². The number of nitrogens with one attached hydrogen (secondary N) is 1. The van der Waals surface area contributed by atoms with Crippen molar-refractivity contribution in [1.82, 2.24) is 10.2 Å². The molecule has 1 unspecified atom stereocenters. The Hall–Kier alpha value is -0.810. The normalized spacial score (nSPS) is 28.2. The zero-order chi connectivity index (χ0) is 17.4. The number of ether oxygens (including phenoxy) is 1. The maximum Gasteiger partial charge on any atom is 0.410 e. The first-order valence-corrected chi connectivity index (χ1v) is 9.60. The fraction of sp³-hybridized carbons (Fsp3) is 0.947. The second-order valence-electron chi connectivity index (χ2n) is 9.31. The van der Waals surface area contributed by atoms with E-state index < -0.39 is 5.60 Å². The van der Waals surface area contributed by atoms with Crippen LogP contribution in [0.2, 0.25) is 0 Å². The molecule has 138 valence electrons. The van der Waals surface area contributed by atoms with Crippen molar-refractivity contribution in [3.63, 3.8) is 0 Å². The maximum absolute atomic E-state index is 12.3. The van der Waals surface area contributed by atoms with Gasteiger partial charge in [-0.2, -0.15) is 0 Å². The minimum absolute atomic E-state index is 0.168. The quantitative estimate of drug-likeness (QED) is 0.827. The maximum atomic E-state index is 12.3. The number of aliphatic hydroxyl groups excluding tert-OH is 1. The van der Waals surface area contributed by atoms with Crippen molar-refractivity contribution in [2.45, 2.75) is 77.4 Å². The number of nitrogens with zero attached hydrogens (tertiary/aromatic N) is 1. The summed E-state index contributed by atoms with van der Waals surface area (Å²) >= 11 is 0. The molecule has 1 heterocycles. The molecule has 2 aliphatic carbocycles. The van der Waals surface area contributed by atoms with Crippen LogP contribution < -0.4 is 5.32 Å². The van der Waals surface area contributed by atoms with Gasteiger partial charge in [-0.1, -0.05) is 6.42 Å². The fourth-order valence-electron chi connectivity index (χ4n) is 4.42. The van der Waals surface area contributed by atoms with Crippen LogP contribution in [0.4, 0.5) is 4.79 Å². The summed E-state index contributed by atoms with van der Waals surface area (Å²) in [4.78, 5) is 14.1. The first-order valence-electron chi connectivity index (χ1n) is 9.60. The molecule has 0 aromatic carbocycles. The highest BCUT2D eigenvalue weighted by Gasteiger charge is 2.48. The molecule has 1 atom stereocenters. The van der Waals surface area contributed by atoms with Crippen LogP contribution in [-0.2, 0) is 4.74 Å². The average Bonchev–Trinajstić information content (AvgIpc) is 3.21. The van der Waals surface area contributed by atoms with Gasteiger partial charge in [0.25, 0.3) is 0 Å². The van der Waals surface area contributed by atoms with E-state index in [4.69, 9.17) is 4.74 Å². The van der Waals surface area contributed by atoms with E-state index in [1.165, 1.54) is 19.3 Å². The molecule has 1 saturated heterocycles. The Morgan fingerprint density at radius 3 is 2.42 bits per heavy atom. The van der Waals surface area contributed by atoms with E-state index in [0.29, 0.717) is 18.1 Å². The molecule has 5 heteroatoms. The van der Waals surface area contributed by atoms with Crippen LogP contribution in [0.25, 0.3) is 0 Å². The molecule has 1 spiro atoms. The molecule has 3 rings (SSSR count). The molecule has 0 aromatic heterocycles. The van der Waals surface area contributed by atoms with Crippen molar-refractivity contribution in [3.8, 4) is 0 Å². The highest BCUT2D eigenvalue weighted by Crippen LogP contribution is 2.48. The first-order chi connectivity index (χ1) is 11.3. The summed E-state index contributed by atoms with van der Waals surface area (Å²) in [6.07, 6.45) is 8.04. The summed E-state index contributed by atoms with van der Waals surface area (Å²) < 4.78 is 5.51. The predicted molar refractivity (Wildman–Crippen MR) is 93.9 cm³/mol. The molecule has 0 aromatic rings. The van der Waals surface area contributed by atoms with Crippen LogP contribution in [0.15, 0.2) is 0 Å². The third-order valence-electron chi connectivity index (χ3n) is 6.33. The molecule has 2 N–H and O–H groups in total. The second-order valence-corrected chi connectivity index (χ2v) is 9.31. The largest absolute Gasteiger partial charge is 0.444 e. The standard InChI is InChI=1S/C19H34N2O3/c1-17(2,3)24-16(23)21-11-9-19(10-12-21)6-4-5-15(19)20-13-18(14-22)7-8-18/h15,20,22H,4-14H2,1-3H3. The van der Waals surface area contributed by atoms with Gasteiger partial charge in [0.2, 0.25) is 0 Å². The van der Waals surface area contributed by atoms with E-state index in [9.17, 15) is 9.90 Å². The van der Waals surface area contributed by atoms with Gasteiger partial charge in [0.15, 0.2) is 0 Å². The molecule has 3 aliphatic rings. The zero-order valence-corrected chi connectivity index (χ0v) is 15.6. The number of hydrogen-bond acceptors (Lipinski definition) is 4. The Morgan fingerprint density at radius 2 is 1.88 bits per heavy atom. The summed E-state index contributed by atoms with van der Waals surface area (Å²) in [5.41, 5.74) is 0.0809. The highest BCUT2D eigenvalue weighted by molar-refractivity contribution is 5.68. The van der Waals surface area contributed by atoms with E-state index >= 15 is 0 Å². The Balaban J connectivity index is 1.52. The summed E-state index contributed by atoms with van der Waals surface area (Å²) in [7, 11) is 0. The predicted octanol–water partition coefficient (Wildman–Crippen LogP) is 2.92. The van der Waals surface area contributed by atoms with Crippen molar-refractivity contribution in [2.24, 2.45) is 10.8 Å². The Bertz CT molecular complexity index is 460. The Morgan fingerprint density at radius 1 is 1.21 bits per heavy atom. The van der Waals surface area contributed by atoms with E-state index in [1.54, 1.807) is 0 Å². The van der Waals surface area contributed by atoms with Crippen LogP contribution >= 0.6 is 0 Å². The SMILES string of the molecule is CC(C)(C)OC(=O)N1CCC2(CCCC2NCC2(CO)CC2)CC1. The van der Waals surface area contributed by atoms with Crippen molar-refractivity contribution < 1.29 is 14.6 Å². The molecular formula is C19H34N2O3. The van der Waals surface area contributed by atoms with Gasteiger partial charge < -0.3 is 20.1 Å². The summed E-state index contributed by atoms with van der Waals surface area (Å²) in [5, 5.41) is 13.3. The number of carbonyl (C=O) groups excluding carboxylic acids is 1. The molecule has 2 saturated carbocycles. The topological polar surface area (TPSA) is 61.8 Å². The monoisotopic (exact) mass is 338 g/mol. The van der Waals surface area contributed by atoms with Crippen LogP contribution in [-0.4, -0.2) is 54.0 Å². The number of amides is 1. The summed E-state index contributed by atoms with van der Waals surface area (Å²) in [6, 6.07) is 0.544. The smallest absolute Gasteiger partial charge is 0.410 e. The minimum Gasteiger partial charge on any atom is -0.444 e. The number of piperidine rings is 1. The number of carbonyl (C=O) groups is 1. The lowest BCUT2D eigenvalue weighted by atomic mass is 9.74. The molecular weight excluding hydrogens is 304 g/mol. The lowest BCUT2D eigenvalue weighted by molar-refractivity contribution is 0.00687.